The van der Waals surface area contributed by atoms with E-state index in [9.17, 15) is 0 Å². The molecule has 1 aliphatic carbocycles. The number of aromatic nitrogens is 2. The van der Waals surface area contributed by atoms with Crippen LogP contribution in [0.15, 0.2) is 23.3 Å². The van der Waals surface area contributed by atoms with E-state index in [2.05, 4.69) is 52.8 Å². The molecule has 0 radical (unpaired) electrons. The number of H-pyrrole nitrogens is 1. The molecule has 1 unspecified atom stereocenters. The van der Waals surface area contributed by atoms with Gasteiger partial charge in [-0.15, -0.1) is 11.3 Å². The third-order valence-corrected chi connectivity index (χ3v) is 8.64. The highest BCUT2D eigenvalue weighted by Crippen LogP contribution is 2.53. The van der Waals surface area contributed by atoms with Crippen LogP contribution in [0.25, 0.3) is 21.5 Å². The summed E-state index contributed by atoms with van der Waals surface area (Å²) in [6.07, 6.45) is 7.32. The van der Waals surface area contributed by atoms with Gasteiger partial charge in [0.25, 0.3) is 0 Å². The number of likely N-dealkylation sites (tertiary alicyclic amines) is 1. The van der Waals surface area contributed by atoms with Gasteiger partial charge in [-0.25, -0.2) is 9.98 Å². The zero-order chi connectivity index (χ0) is 21.8. The molecular weight excluding hydrogens is 402 g/mol. The SMILES string of the molecule is CCN1CC2(CCC(c3cc4[nH]c(-c5cnc(N=CN)c(C)c5)c(C(C)C)c4s3)C2)C1. The molecular formula is C25H33N5S. The van der Waals surface area contributed by atoms with Crippen LogP contribution in [0.4, 0.5) is 5.82 Å². The topological polar surface area (TPSA) is 70.3 Å². The molecule has 2 aliphatic rings. The monoisotopic (exact) mass is 435 g/mol. The Balaban J connectivity index is 1.47. The van der Waals surface area contributed by atoms with Crippen LogP contribution >= 0.6 is 11.3 Å². The fraction of sp³-hybridized carbons (Fsp3) is 0.520. The maximum Gasteiger partial charge on any atom is 0.156 e. The highest BCUT2D eigenvalue weighted by molar-refractivity contribution is 7.19. The molecule has 5 nitrogen and oxygen atoms in total. The smallest absolute Gasteiger partial charge is 0.156 e. The molecule has 5 rings (SSSR count). The Morgan fingerprint density at radius 3 is 2.87 bits per heavy atom. The predicted molar refractivity (Wildman–Crippen MR) is 132 cm³/mol. The number of nitrogens with zero attached hydrogens (tertiary/aromatic N) is 3. The molecule has 6 heteroatoms. The Morgan fingerprint density at radius 1 is 1.39 bits per heavy atom. The lowest BCUT2D eigenvalue weighted by Gasteiger charge is -2.48. The molecule has 1 atom stereocenters. The van der Waals surface area contributed by atoms with E-state index in [1.54, 1.807) is 4.88 Å². The molecule has 1 saturated carbocycles. The van der Waals surface area contributed by atoms with E-state index >= 15 is 0 Å². The molecule has 2 fully saturated rings. The number of hydrogen-bond donors (Lipinski definition) is 2. The lowest BCUT2D eigenvalue weighted by atomic mass is 9.77. The van der Waals surface area contributed by atoms with Crippen molar-refractivity contribution in [2.45, 2.75) is 58.8 Å². The van der Waals surface area contributed by atoms with Gasteiger partial charge in [-0.05, 0) is 73.2 Å². The van der Waals surface area contributed by atoms with Gasteiger partial charge in [0.15, 0.2) is 5.82 Å². The zero-order valence-corrected chi connectivity index (χ0v) is 19.9. The standard InChI is InChI=1S/C25H33N5S/c1-5-30-12-25(13-30)7-6-17(10-25)20-9-19-23(31-20)21(15(2)3)22(29-19)18-8-16(4)24(27-11-18)28-14-26/h8-9,11,14-15,17,29H,5-7,10,12-13H2,1-4H3,(H2,26,27,28). The largest absolute Gasteiger partial charge is 0.390 e. The minimum absolute atomic E-state index is 0.442. The predicted octanol–water partition coefficient (Wildman–Crippen LogP) is 5.93. The van der Waals surface area contributed by atoms with Crippen LogP contribution in [-0.4, -0.2) is 40.8 Å². The number of rotatable bonds is 5. The molecule has 3 aromatic rings. The van der Waals surface area contributed by atoms with Gasteiger partial charge in [0.2, 0.25) is 0 Å². The van der Waals surface area contributed by atoms with Crippen molar-refractivity contribution in [2.75, 3.05) is 19.6 Å². The first-order valence-corrected chi connectivity index (χ1v) is 12.3. The lowest BCUT2D eigenvalue weighted by Crippen LogP contribution is -2.54. The van der Waals surface area contributed by atoms with Crippen LogP contribution in [0.1, 0.15) is 67.9 Å². The van der Waals surface area contributed by atoms with E-state index in [0.29, 0.717) is 17.2 Å². The van der Waals surface area contributed by atoms with Gasteiger partial charge in [-0.1, -0.05) is 20.8 Å². The maximum absolute atomic E-state index is 5.45. The van der Waals surface area contributed by atoms with Crippen LogP contribution < -0.4 is 5.73 Å². The van der Waals surface area contributed by atoms with Crippen molar-refractivity contribution in [1.82, 2.24) is 14.9 Å². The number of aliphatic imine (C=N–C) groups is 1. The Hall–Kier alpha value is -2.18. The van der Waals surface area contributed by atoms with Gasteiger partial charge in [0, 0.05) is 29.7 Å². The summed E-state index contributed by atoms with van der Waals surface area (Å²) in [7, 11) is 0. The van der Waals surface area contributed by atoms with Gasteiger partial charge in [-0.2, -0.15) is 0 Å². The number of nitrogens with one attached hydrogen (secondary N) is 1. The summed E-state index contributed by atoms with van der Waals surface area (Å²) in [6, 6.07) is 4.59. The summed E-state index contributed by atoms with van der Waals surface area (Å²) in [4.78, 5) is 16.6. The van der Waals surface area contributed by atoms with Gasteiger partial charge < -0.3 is 15.6 Å². The first-order valence-electron chi connectivity index (χ1n) is 11.5. The lowest BCUT2D eigenvalue weighted by molar-refractivity contribution is 0.00962. The number of pyridine rings is 1. The molecule has 1 spiro atoms. The number of aromatic amines is 1. The number of aryl methyl sites for hydroxylation is 1. The third kappa shape index (κ3) is 3.50. The van der Waals surface area contributed by atoms with Crippen LogP contribution in [0.2, 0.25) is 0 Å². The van der Waals surface area contributed by atoms with Crippen molar-refractivity contribution >= 4 is 33.7 Å². The van der Waals surface area contributed by atoms with Crippen molar-refractivity contribution < 1.29 is 0 Å². The van der Waals surface area contributed by atoms with Crippen LogP contribution in [0, 0.1) is 12.3 Å². The molecule has 4 heterocycles. The highest BCUT2D eigenvalue weighted by Gasteiger charge is 2.47. The molecule has 31 heavy (non-hydrogen) atoms. The number of fused-ring (bicyclic) bond motifs is 1. The molecule has 0 bridgehead atoms. The summed E-state index contributed by atoms with van der Waals surface area (Å²) in [5.74, 6) is 1.85. The summed E-state index contributed by atoms with van der Waals surface area (Å²) in [5, 5.41) is 0. The third-order valence-electron chi connectivity index (χ3n) is 7.31. The minimum atomic E-state index is 0.442. The summed E-state index contributed by atoms with van der Waals surface area (Å²) >= 11 is 2.02. The molecule has 1 aliphatic heterocycles. The van der Waals surface area contributed by atoms with E-state index in [4.69, 9.17) is 5.73 Å². The highest BCUT2D eigenvalue weighted by atomic mass is 32.1. The minimum Gasteiger partial charge on any atom is -0.390 e. The van der Waals surface area contributed by atoms with Crippen molar-refractivity contribution in [3.8, 4) is 11.3 Å². The van der Waals surface area contributed by atoms with Crippen molar-refractivity contribution in [1.29, 1.82) is 0 Å². The van der Waals surface area contributed by atoms with Gasteiger partial charge in [0.1, 0.15) is 0 Å². The Morgan fingerprint density at radius 2 is 2.19 bits per heavy atom. The zero-order valence-electron chi connectivity index (χ0n) is 19.0. The molecule has 3 N–H and O–H groups in total. The van der Waals surface area contributed by atoms with Crippen LogP contribution in [0.5, 0.6) is 0 Å². The van der Waals surface area contributed by atoms with E-state index in [0.717, 1.165) is 17.0 Å². The Kier molecular flexibility index (Phi) is 5.18. The molecule has 1 saturated heterocycles. The summed E-state index contributed by atoms with van der Waals surface area (Å²) in [6.45, 7) is 12.7. The average Bonchev–Trinajstić information content (AvgIpc) is 3.40. The van der Waals surface area contributed by atoms with E-state index in [-0.39, 0.29) is 0 Å². The molecule has 0 aromatic carbocycles. The van der Waals surface area contributed by atoms with Crippen LogP contribution in [0.3, 0.4) is 0 Å². The first kappa shape index (κ1) is 20.7. The Labute approximate surface area is 188 Å². The quantitative estimate of drug-likeness (QED) is 0.385. The number of thiophene rings is 1. The average molecular weight is 436 g/mol. The Bertz CT molecular complexity index is 1130. The normalized spacial score (nSPS) is 21.1. The number of hydrogen-bond acceptors (Lipinski definition) is 4. The second kappa shape index (κ2) is 7.75. The van der Waals surface area contributed by atoms with E-state index in [1.807, 2.05) is 24.5 Å². The van der Waals surface area contributed by atoms with Gasteiger partial charge in [0.05, 0.1) is 22.2 Å². The van der Waals surface area contributed by atoms with Crippen molar-refractivity contribution in [3.63, 3.8) is 0 Å². The van der Waals surface area contributed by atoms with Crippen molar-refractivity contribution in [3.05, 3.63) is 34.3 Å². The fourth-order valence-electron chi connectivity index (χ4n) is 5.77. The second-order valence-electron chi connectivity index (χ2n) is 9.85. The van der Waals surface area contributed by atoms with Crippen molar-refractivity contribution in [2.24, 2.45) is 16.1 Å². The second-order valence-corrected chi connectivity index (χ2v) is 10.9. The molecule has 0 amide bonds. The summed E-state index contributed by atoms with van der Waals surface area (Å²) in [5.41, 5.74) is 12.1. The summed E-state index contributed by atoms with van der Waals surface area (Å²) < 4.78 is 1.42. The van der Waals surface area contributed by atoms with Gasteiger partial charge in [-0.3, -0.25) is 0 Å². The first-order chi connectivity index (χ1) is 14.9. The van der Waals surface area contributed by atoms with E-state index < -0.39 is 0 Å². The fourth-order valence-corrected chi connectivity index (χ4v) is 7.22. The maximum atomic E-state index is 5.45. The van der Waals surface area contributed by atoms with Gasteiger partial charge >= 0.3 is 0 Å². The molecule has 3 aromatic heterocycles. The van der Waals surface area contributed by atoms with Crippen LogP contribution in [-0.2, 0) is 0 Å². The molecule has 164 valence electrons. The number of nitrogens with two attached hydrogens (primary N) is 1. The van der Waals surface area contributed by atoms with E-state index in [1.165, 1.54) is 66.7 Å².